The molecule has 216 valence electrons. The average Bonchev–Trinajstić information content (AvgIpc) is 2.93. The average molecular weight is 612 g/mol. The van der Waals surface area contributed by atoms with Crippen molar-refractivity contribution in [2.75, 3.05) is 0 Å². The van der Waals surface area contributed by atoms with Gasteiger partial charge in [-0.15, -0.1) is 0 Å². The smallest absolute Gasteiger partial charge is 0.200 e. The van der Waals surface area contributed by atoms with Crippen molar-refractivity contribution in [3.8, 4) is 33.4 Å². The van der Waals surface area contributed by atoms with E-state index in [-0.39, 0.29) is 0 Å². The number of hydrogen-bond acceptors (Lipinski definition) is 0. The van der Waals surface area contributed by atoms with Gasteiger partial charge in [-0.1, -0.05) is 0 Å². The Balaban J connectivity index is 2.11. The number of halogens is 17. The van der Waals surface area contributed by atoms with Gasteiger partial charge in [0.05, 0.1) is 33.4 Å². The zero-order chi connectivity index (χ0) is 31.0. The van der Waals surface area contributed by atoms with Crippen LogP contribution in [0.2, 0.25) is 0 Å². The van der Waals surface area contributed by atoms with Crippen LogP contribution in [0, 0.1) is 98.9 Å². The Morgan fingerprint density at radius 1 is 0.195 bits per heavy atom. The molecule has 0 fully saturated rings. The lowest BCUT2D eigenvalue weighted by Crippen LogP contribution is -2.12. The van der Waals surface area contributed by atoms with Crippen molar-refractivity contribution in [1.29, 1.82) is 0 Å². The molecule has 0 aliphatic carbocycles. The minimum Gasteiger partial charge on any atom is -0.204 e. The van der Waals surface area contributed by atoms with Crippen molar-refractivity contribution in [2.24, 2.45) is 0 Å². The quantitative estimate of drug-likeness (QED) is 0.123. The molecule has 4 rings (SSSR count). The molecule has 4 aromatic rings. The Morgan fingerprint density at radius 3 is 0.561 bits per heavy atom. The Morgan fingerprint density at radius 2 is 0.341 bits per heavy atom. The van der Waals surface area contributed by atoms with Gasteiger partial charge >= 0.3 is 0 Å². The molecule has 0 aromatic heterocycles. The van der Waals surface area contributed by atoms with Gasteiger partial charge in [0.1, 0.15) is 0 Å². The van der Waals surface area contributed by atoms with Crippen LogP contribution in [0.4, 0.5) is 74.6 Å². The number of rotatable bonds is 3. The van der Waals surface area contributed by atoms with Crippen LogP contribution < -0.4 is 0 Å². The molecule has 0 bridgehead atoms. The fourth-order valence-corrected chi connectivity index (χ4v) is 3.76. The summed E-state index contributed by atoms with van der Waals surface area (Å²) in [6.07, 6.45) is 0. The van der Waals surface area contributed by atoms with E-state index in [0.717, 1.165) is 0 Å². The van der Waals surface area contributed by atoms with Crippen LogP contribution >= 0.6 is 0 Å². The Kier molecular flexibility index (Phi) is 7.20. The summed E-state index contributed by atoms with van der Waals surface area (Å²) in [6.45, 7) is 0. The number of benzene rings is 4. The molecule has 0 saturated heterocycles. The second-order valence-electron chi connectivity index (χ2n) is 7.80. The van der Waals surface area contributed by atoms with Crippen LogP contribution in [0.1, 0.15) is 0 Å². The summed E-state index contributed by atoms with van der Waals surface area (Å²) in [4.78, 5) is 0. The first kappa shape index (κ1) is 29.7. The summed E-state index contributed by atoms with van der Waals surface area (Å²) in [5, 5.41) is 0. The van der Waals surface area contributed by atoms with Gasteiger partial charge in [0.15, 0.2) is 93.1 Å². The van der Waals surface area contributed by atoms with E-state index in [1.807, 2.05) is 0 Å². The van der Waals surface area contributed by atoms with E-state index in [1.165, 1.54) is 0 Å². The first-order valence-electron chi connectivity index (χ1n) is 10.0. The van der Waals surface area contributed by atoms with Gasteiger partial charge in [0.2, 0.25) is 5.82 Å². The zero-order valence-electron chi connectivity index (χ0n) is 18.5. The molecular weight excluding hydrogens is 611 g/mol. The topological polar surface area (TPSA) is 0 Å². The van der Waals surface area contributed by atoms with Crippen LogP contribution in [0.15, 0.2) is 6.07 Å². The maximum absolute atomic E-state index is 14.8. The van der Waals surface area contributed by atoms with E-state index in [9.17, 15) is 74.6 Å². The summed E-state index contributed by atoms with van der Waals surface area (Å²) in [5.74, 6) is -49.2. The van der Waals surface area contributed by atoms with Gasteiger partial charge < -0.3 is 0 Å². The lowest BCUT2D eigenvalue weighted by Gasteiger charge is -2.17. The first-order valence-corrected chi connectivity index (χ1v) is 10.0. The second-order valence-corrected chi connectivity index (χ2v) is 7.80. The van der Waals surface area contributed by atoms with Crippen molar-refractivity contribution >= 4 is 0 Å². The molecule has 4 aromatic carbocycles. The van der Waals surface area contributed by atoms with Crippen LogP contribution in [-0.2, 0) is 0 Å². The molecule has 0 atom stereocenters. The minimum absolute atomic E-state index is 0.479. The van der Waals surface area contributed by atoms with E-state index in [1.54, 1.807) is 0 Å². The standard InChI is InChI=1S/C24HF17/c25-2-1-3(26)11(28)4(10(2)27)5-12(29)14(31)6(15(32)13(5)30)7-16(33)18(35)8(19(36)17(7)34)9-20(37)22(39)24(41)23(40)21(9)38/h1H. The molecule has 41 heavy (non-hydrogen) atoms. The van der Waals surface area contributed by atoms with Crippen LogP contribution in [0.5, 0.6) is 0 Å². The van der Waals surface area contributed by atoms with Crippen molar-refractivity contribution < 1.29 is 74.6 Å². The summed E-state index contributed by atoms with van der Waals surface area (Å²) in [7, 11) is 0. The van der Waals surface area contributed by atoms with E-state index < -0.39 is 138 Å². The molecule has 0 spiro atoms. The summed E-state index contributed by atoms with van der Waals surface area (Å²) >= 11 is 0. The minimum atomic E-state index is -3.12. The lowest BCUT2D eigenvalue weighted by atomic mass is 9.93. The molecule has 0 radical (unpaired) electrons. The Labute approximate surface area is 213 Å². The van der Waals surface area contributed by atoms with Crippen molar-refractivity contribution in [2.45, 2.75) is 0 Å². The molecule has 0 N–H and O–H groups in total. The third-order valence-electron chi connectivity index (χ3n) is 5.60. The van der Waals surface area contributed by atoms with Crippen LogP contribution in [-0.4, -0.2) is 0 Å². The van der Waals surface area contributed by atoms with E-state index in [0.29, 0.717) is 0 Å². The summed E-state index contributed by atoms with van der Waals surface area (Å²) < 4.78 is 242. The van der Waals surface area contributed by atoms with Gasteiger partial charge in [0, 0.05) is 6.07 Å². The van der Waals surface area contributed by atoms with Crippen molar-refractivity contribution in [1.82, 2.24) is 0 Å². The van der Waals surface area contributed by atoms with Gasteiger partial charge in [-0.25, -0.2) is 74.6 Å². The zero-order valence-corrected chi connectivity index (χ0v) is 18.5. The van der Waals surface area contributed by atoms with E-state index in [2.05, 4.69) is 0 Å². The fraction of sp³-hybridized carbons (Fsp3) is 0. The highest BCUT2D eigenvalue weighted by molar-refractivity contribution is 5.77. The molecule has 0 unspecified atom stereocenters. The second kappa shape index (κ2) is 9.95. The predicted octanol–water partition coefficient (Wildman–Crippen LogP) is 9.05. The van der Waals surface area contributed by atoms with Crippen LogP contribution in [0.3, 0.4) is 0 Å². The highest BCUT2D eigenvalue weighted by atomic mass is 19.2. The first-order chi connectivity index (χ1) is 19.0. The fourth-order valence-electron chi connectivity index (χ4n) is 3.76. The molecule has 0 aliphatic heterocycles. The molecule has 0 aliphatic rings. The maximum Gasteiger partial charge on any atom is 0.200 e. The molecule has 0 amide bonds. The van der Waals surface area contributed by atoms with Gasteiger partial charge in [-0.05, 0) is 0 Å². The van der Waals surface area contributed by atoms with Gasteiger partial charge in [-0.2, -0.15) is 0 Å². The molecule has 0 nitrogen and oxygen atoms in total. The highest BCUT2D eigenvalue weighted by Gasteiger charge is 2.39. The van der Waals surface area contributed by atoms with Gasteiger partial charge in [-0.3, -0.25) is 0 Å². The van der Waals surface area contributed by atoms with E-state index >= 15 is 0 Å². The SMILES string of the molecule is Fc1cc(F)c(F)c(-c2c(F)c(F)c(-c3c(F)c(F)c(-c4c(F)c(F)c(F)c(F)c4F)c(F)c3F)c(F)c2F)c1F. The normalized spacial score (nSPS) is 11.5. The van der Waals surface area contributed by atoms with Gasteiger partial charge in [0.25, 0.3) is 0 Å². The maximum atomic E-state index is 14.8. The summed E-state index contributed by atoms with van der Waals surface area (Å²) in [5.41, 5.74) is -15.6. The van der Waals surface area contributed by atoms with E-state index in [4.69, 9.17) is 0 Å². The molecule has 0 heterocycles. The van der Waals surface area contributed by atoms with Crippen molar-refractivity contribution in [3.05, 3.63) is 105 Å². The Bertz CT molecular complexity index is 1700. The largest absolute Gasteiger partial charge is 0.204 e. The molecular formula is C24HF17. The predicted molar refractivity (Wildman–Crippen MR) is 102 cm³/mol. The Hall–Kier alpha value is -4.31. The lowest BCUT2D eigenvalue weighted by molar-refractivity contribution is 0.379. The number of hydrogen-bond donors (Lipinski definition) is 0. The van der Waals surface area contributed by atoms with Crippen LogP contribution in [0.25, 0.3) is 33.4 Å². The highest BCUT2D eigenvalue weighted by Crippen LogP contribution is 2.44. The summed E-state index contributed by atoms with van der Waals surface area (Å²) in [6, 6.07) is -0.479. The monoisotopic (exact) mass is 612 g/mol. The molecule has 0 saturated carbocycles. The van der Waals surface area contributed by atoms with Crippen molar-refractivity contribution in [3.63, 3.8) is 0 Å². The molecule has 17 heteroatoms. The third-order valence-corrected chi connectivity index (χ3v) is 5.60. The third kappa shape index (κ3) is 4.08.